The van der Waals surface area contributed by atoms with Crippen LogP contribution in [0.25, 0.3) is 0 Å². The van der Waals surface area contributed by atoms with Crippen molar-refractivity contribution in [3.05, 3.63) is 58.3 Å². The highest BCUT2D eigenvalue weighted by atomic mass is 79.9. The Labute approximate surface area is 126 Å². The van der Waals surface area contributed by atoms with Crippen LogP contribution in [0.4, 0.5) is 0 Å². The van der Waals surface area contributed by atoms with E-state index >= 15 is 0 Å². The summed E-state index contributed by atoms with van der Waals surface area (Å²) >= 11 is 3.51. The van der Waals surface area contributed by atoms with Crippen LogP contribution >= 0.6 is 15.9 Å². The summed E-state index contributed by atoms with van der Waals surface area (Å²) in [7, 11) is 0. The Balaban J connectivity index is 1.83. The average molecular weight is 334 g/mol. The number of aromatic nitrogens is 1. The SMILES string of the molecule is NNC(c1ccc(OC2CC2)cc1)c1ncccc1Br. The minimum Gasteiger partial charge on any atom is -0.490 e. The fourth-order valence-corrected chi connectivity index (χ4v) is 2.54. The van der Waals surface area contributed by atoms with Crippen molar-refractivity contribution in [2.75, 3.05) is 0 Å². The molecule has 1 aliphatic carbocycles. The first kappa shape index (κ1) is 13.5. The van der Waals surface area contributed by atoms with E-state index in [4.69, 9.17) is 10.6 Å². The van der Waals surface area contributed by atoms with Crippen LogP contribution < -0.4 is 16.0 Å². The lowest BCUT2D eigenvalue weighted by atomic mass is 10.0. The molecule has 1 aliphatic rings. The predicted octanol–water partition coefficient (Wildman–Crippen LogP) is 2.94. The first-order valence-electron chi connectivity index (χ1n) is 6.61. The lowest BCUT2D eigenvalue weighted by Gasteiger charge is -2.17. The standard InChI is InChI=1S/C15H16BrN3O/c16-13-2-1-9-18-15(13)14(19-17)10-3-5-11(6-4-10)20-12-7-8-12/h1-6,9,12,14,19H,7-8,17H2. The van der Waals surface area contributed by atoms with Gasteiger partial charge in [-0.15, -0.1) is 0 Å². The number of pyridine rings is 1. The molecule has 3 rings (SSSR count). The molecule has 0 amide bonds. The zero-order chi connectivity index (χ0) is 13.9. The highest BCUT2D eigenvalue weighted by Crippen LogP contribution is 2.30. The quantitative estimate of drug-likeness (QED) is 0.652. The maximum atomic E-state index is 5.75. The van der Waals surface area contributed by atoms with Gasteiger partial charge in [-0.05, 0) is 58.6 Å². The Morgan fingerprint density at radius 1 is 1.25 bits per heavy atom. The highest BCUT2D eigenvalue weighted by Gasteiger charge is 2.23. The average Bonchev–Trinajstić information content (AvgIpc) is 3.27. The van der Waals surface area contributed by atoms with Gasteiger partial charge in [0.1, 0.15) is 5.75 Å². The first-order chi connectivity index (χ1) is 9.78. The third-order valence-corrected chi connectivity index (χ3v) is 3.94. The molecule has 1 saturated carbocycles. The van der Waals surface area contributed by atoms with E-state index in [1.165, 1.54) is 0 Å². The van der Waals surface area contributed by atoms with Gasteiger partial charge >= 0.3 is 0 Å². The van der Waals surface area contributed by atoms with Gasteiger partial charge in [-0.2, -0.15) is 0 Å². The molecule has 1 heterocycles. The number of nitrogens with zero attached hydrogens (tertiary/aromatic N) is 1. The number of ether oxygens (including phenoxy) is 1. The van der Waals surface area contributed by atoms with Crippen molar-refractivity contribution >= 4 is 15.9 Å². The molecule has 3 N–H and O–H groups in total. The molecule has 1 unspecified atom stereocenters. The lowest BCUT2D eigenvalue weighted by molar-refractivity contribution is 0.303. The van der Waals surface area contributed by atoms with Gasteiger partial charge in [-0.1, -0.05) is 12.1 Å². The zero-order valence-electron chi connectivity index (χ0n) is 10.9. The van der Waals surface area contributed by atoms with Crippen molar-refractivity contribution in [3.63, 3.8) is 0 Å². The van der Waals surface area contributed by atoms with E-state index in [9.17, 15) is 0 Å². The Morgan fingerprint density at radius 2 is 2.00 bits per heavy atom. The third-order valence-electron chi connectivity index (χ3n) is 3.27. The van der Waals surface area contributed by atoms with Crippen LogP contribution in [0.1, 0.15) is 30.1 Å². The number of hydrazine groups is 1. The highest BCUT2D eigenvalue weighted by molar-refractivity contribution is 9.10. The van der Waals surface area contributed by atoms with Gasteiger partial charge in [0.05, 0.1) is 17.8 Å². The zero-order valence-corrected chi connectivity index (χ0v) is 12.5. The Hall–Kier alpha value is -1.43. The smallest absolute Gasteiger partial charge is 0.119 e. The summed E-state index contributed by atoms with van der Waals surface area (Å²) in [4.78, 5) is 4.39. The van der Waals surface area contributed by atoms with E-state index in [1.54, 1.807) is 6.20 Å². The van der Waals surface area contributed by atoms with Gasteiger partial charge < -0.3 is 4.74 Å². The second kappa shape index (κ2) is 5.91. The summed E-state index contributed by atoms with van der Waals surface area (Å²) in [6.45, 7) is 0. The number of halogens is 1. The number of hydrogen-bond donors (Lipinski definition) is 2. The van der Waals surface area contributed by atoms with Crippen molar-refractivity contribution in [3.8, 4) is 5.75 Å². The Morgan fingerprint density at radius 3 is 2.60 bits per heavy atom. The fraction of sp³-hybridized carbons (Fsp3) is 0.267. The molecule has 2 aromatic rings. The van der Waals surface area contributed by atoms with Crippen molar-refractivity contribution in [1.29, 1.82) is 0 Å². The van der Waals surface area contributed by atoms with E-state index in [-0.39, 0.29) is 6.04 Å². The molecule has 1 aromatic heterocycles. The van der Waals surface area contributed by atoms with Crippen LogP contribution in [0.5, 0.6) is 5.75 Å². The maximum absolute atomic E-state index is 5.75. The second-order valence-electron chi connectivity index (χ2n) is 4.86. The molecule has 4 nitrogen and oxygen atoms in total. The van der Waals surface area contributed by atoms with Crippen LogP contribution in [0.15, 0.2) is 47.1 Å². The first-order valence-corrected chi connectivity index (χ1v) is 7.40. The summed E-state index contributed by atoms with van der Waals surface area (Å²) in [5, 5.41) is 0. The molecule has 0 saturated heterocycles. The molecule has 1 atom stereocenters. The van der Waals surface area contributed by atoms with Gasteiger partial charge in [0, 0.05) is 10.7 Å². The van der Waals surface area contributed by atoms with Gasteiger partial charge in [0.15, 0.2) is 0 Å². The minimum atomic E-state index is -0.152. The minimum absolute atomic E-state index is 0.152. The van der Waals surface area contributed by atoms with Crippen LogP contribution in [-0.4, -0.2) is 11.1 Å². The molecule has 1 fully saturated rings. The molecule has 0 aliphatic heterocycles. The molecule has 0 spiro atoms. The summed E-state index contributed by atoms with van der Waals surface area (Å²) in [6.07, 6.45) is 4.49. The van der Waals surface area contributed by atoms with Gasteiger partial charge in [0.25, 0.3) is 0 Å². The third kappa shape index (κ3) is 3.00. The number of rotatable bonds is 5. The number of nitrogens with one attached hydrogen (secondary N) is 1. The van der Waals surface area contributed by atoms with Crippen LogP contribution in [0, 0.1) is 0 Å². The predicted molar refractivity (Wildman–Crippen MR) is 81.2 cm³/mol. The van der Waals surface area contributed by atoms with Gasteiger partial charge in [0.2, 0.25) is 0 Å². The lowest BCUT2D eigenvalue weighted by Crippen LogP contribution is -2.29. The molecule has 104 valence electrons. The Kier molecular flexibility index (Phi) is 4.00. The van der Waals surface area contributed by atoms with Crippen LogP contribution in [0.2, 0.25) is 0 Å². The monoisotopic (exact) mass is 333 g/mol. The van der Waals surface area contributed by atoms with E-state index in [0.29, 0.717) is 6.10 Å². The van der Waals surface area contributed by atoms with Crippen LogP contribution in [-0.2, 0) is 0 Å². The summed E-state index contributed by atoms with van der Waals surface area (Å²) in [5.41, 5.74) is 4.73. The topological polar surface area (TPSA) is 60.2 Å². The second-order valence-corrected chi connectivity index (χ2v) is 5.71. The molecule has 0 bridgehead atoms. The fourth-order valence-electron chi connectivity index (χ4n) is 2.06. The maximum Gasteiger partial charge on any atom is 0.119 e. The van der Waals surface area contributed by atoms with Gasteiger partial charge in [-0.3, -0.25) is 10.8 Å². The number of benzene rings is 1. The molecular formula is C15H16BrN3O. The summed E-state index contributed by atoms with van der Waals surface area (Å²) in [5.74, 6) is 6.60. The normalized spacial score (nSPS) is 15.9. The molecule has 0 radical (unpaired) electrons. The van der Waals surface area contributed by atoms with Crippen LogP contribution in [0.3, 0.4) is 0 Å². The van der Waals surface area contributed by atoms with E-state index in [1.807, 2.05) is 36.4 Å². The van der Waals surface area contributed by atoms with E-state index in [2.05, 4.69) is 26.3 Å². The van der Waals surface area contributed by atoms with Crippen molar-refractivity contribution < 1.29 is 4.74 Å². The Bertz CT molecular complexity index is 584. The largest absolute Gasteiger partial charge is 0.490 e. The van der Waals surface area contributed by atoms with Crippen molar-refractivity contribution in [2.24, 2.45) is 5.84 Å². The van der Waals surface area contributed by atoms with Gasteiger partial charge in [-0.25, -0.2) is 5.43 Å². The number of hydrogen-bond acceptors (Lipinski definition) is 4. The summed E-state index contributed by atoms with van der Waals surface area (Å²) < 4.78 is 6.68. The molecule has 1 aromatic carbocycles. The molecule has 20 heavy (non-hydrogen) atoms. The van der Waals surface area contributed by atoms with Crippen molar-refractivity contribution in [1.82, 2.24) is 10.4 Å². The molecule has 5 heteroatoms. The van der Waals surface area contributed by atoms with Crippen molar-refractivity contribution in [2.45, 2.75) is 25.0 Å². The summed E-state index contributed by atoms with van der Waals surface area (Å²) in [6, 6.07) is 11.7. The molecular weight excluding hydrogens is 318 g/mol. The van der Waals surface area contributed by atoms with E-state index in [0.717, 1.165) is 34.3 Å². The number of nitrogens with two attached hydrogens (primary N) is 1. The van der Waals surface area contributed by atoms with E-state index < -0.39 is 0 Å².